The number of nitrogens with zero attached hydrogens (tertiary/aromatic N) is 1. The highest BCUT2D eigenvalue weighted by Gasteiger charge is 2.25. The van der Waals surface area contributed by atoms with Crippen molar-refractivity contribution in [3.05, 3.63) is 47.0 Å². The van der Waals surface area contributed by atoms with Gasteiger partial charge in [0.25, 0.3) is 0 Å². The Labute approximate surface area is 136 Å². The van der Waals surface area contributed by atoms with Crippen LogP contribution in [0.2, 0.25) is 0 Å². The predicted molar refractivity (Wildman–Crippen MR) is 88.3 cm³/mol. The Morgan fingerprint density at radius 2 is 2.22 bits per heavy atom. The zero-order chi connectivity index (χ0) is 15.8. The molecule has 0 saturated carbocycles. The van der Waals surface area contributed by atoms with Gasteiger partial charge in [0, 0.05) is 25.6 Å². The second-order valence-corrected chi connectivity index (χ2v) is 6.53. The Morgan fingerprint density at radius 1 is 1.30 bits per heavy atom. The van der Waals surface area contributed by atoms with Crippen molar-refractivity contribution in [2.75, 3.05) is 26.8 Å². The van der Waals surface area contributed by atoms with Gasteiger partial charge in [0.15, 0.2) is 0 Å². The van der Waals surface area contributed by atoms with Crippen molar-refractivity contribution in [3.63, 3.8) is 0 Å². The van der Waals surface area contributed by atoms with E-state index in [1.807, 2.05) is 12.1 Å². The molecule has 4 rings (SSSR count). The Hall–Kier alpha value is -1.91. The van der Waals surface area contributed by atoms with Gasteiger partial charge in [-0.1, -0.05) is 24.3 Å². The molecule has 23 heavy (non-hydrogen) atoms. The van der Waals surface area contributed by atoms with Crippen LogP contribution in [0.25, 0.3) is 10.8 Å². The number of methoxy groups -OCH3 is 1. The third kappa shape index (κ3) is 2.62. The molecular weight excluding hydrogens is 290 g/mol. The van der Waals surface area contributed by atoms with Gasteiger partial charge in [-0.3, -0.25) is 4.90 Å². The average molecular weight is 311 g/mol. The van der Waals surface area contributed by atoms with E-state index in [-0.39, 0.29) is 5.97 Å². The normalized spacial score (nSPS) is 20.9. The number of benzene rings is 2. The molecule has 120 valence electrons. The zero-order valence-electron chi connectivity index (χ0n) is 13.4. The summed E-state index contributed by atoms with van der Waals surface area (Å²) in [5.74, 6) is 0.427. The summed E-state index contributed by atoms with van der Waals surface area (Å²) in [6.07, 6.45) is 1.20. The lowest BCUT2D eigenvalue weighted by Gasteiger charge is -2.21. The van der Waals surface area contributed by atoms with E-state index in [2.05, 4.69) is 23.1 Å². The van der Waals surface area contributed by atoms with Crippen molar-refractivity contribution in [2.24, 2.45) is 5.92 Å². The fourth-order valence-electron chi connectivity index (χ4n) is 3.86. The van der Waals surface area contributed by atoms with Gasteiger partial charge in [0.2, 0.25) is 0 Å². The predicted octanol–water partition coefficient (Wildman–Crippen LogP) is 2.98. The van der Waals surface area contributed by atoms with E-state index >= 15 is 0 Å². The highest BCUT2D eigenvalue weighted by Crippen LogP contribution is 2.32. The minimum Gasteiger partial charge on any atom is -0.457 e. The summed E-state index contributed by atoms with van der Waals surface area (Å²) in [4.78, 5) is 14.5. The number of hydrogen-bond donors (Lipinski definition) is 0. The van der Waals surface area contributed by atoms with E-state index < -0.39 is 0 Å². The van der Waals surface area contributed by atoms with E-state index in [0.717, 1.165) is 37.2 Å². The highest BCUT2D eigenvalue weighted by atomic mass is 16.5. The fourth-order valence-corrected chi connectivity index (χ4v) is 3.86. The van der Waals surface area contributed by atoms with Gasteiger partial charge in [0.1, 0.15) is 6.61 Å². The standard InChI is InChI=1S/C19H21NO3/c1-22-11-13-7-8-20(9-13)10-14-5-6-15-12-23-19(21)17-4-2-3-16(14)18(15)17/h2-6,13H,7-12H2,1H3. The summed E-state index contributed by atoms with van der Waals surface area (Å²) in [6, 6.07) is 10.2. The van der Waals surface area contributed by atoms with E-state index in [4.69, 9.17) is 9.47 Å². The lowest BCUT2D eigenvalue weighted by molar-refractivity contribution is 0.0463. The molecule has 1 unspecified atom stereocenters. The van der Waals surface area contributed by atoms with E-state index in [0.29, 0.717) is 18.1 Å². The van der Waals surface area contributed by atoms with Gasteiger partial charge in [-0.15, -0.1) is 0 Å². The van der Waals surface area contributed by atoms with Crippen LogP contribution in [0.1, 0.15) is 27.9 Å². The van der Waals surface area contributed by atoms with Crippen LogP contribution in [0.15, 0.2) is 30.3 Å². The maximum Gasteiger partial charge on any atom is 0.339 e. The summed E-state index contributed by atoms with van der Waals surface area (Å²) >= 11 is 0. The number of cyclic esters (lactones) is 1. The van der Waals surface area contributed by atoms with Crippen molar-refractivity contribution in [2.45, 2.75) is 19.6 Å². The van der Waals surface area contributed by atoms with Crippen LogP contribution in [-0.4, -0.2) is 37.7 Å². The van der Waals surface area contributed by atoms with E-state index in [1.165, 1.54) is 17.4 Å². The monoisotopic (exact) mass is 311 g/mol. The quantitative estimate of drug-likeness (QED) is 0.814. The topological polar surface area (TPSA) is 38.8 Å². The smallest absolute Gasteiger partial charge is 0.339 e. The van der Waals surface area contributed by atoms with Crippen LogP contribution in [0.3, 0.4) is 0 Å². The summed E-state index contributed by atoms with van der Waals surface area (Å²) in [7, 11) is 1.77. The SMILES string of the molecule is COCC1CCN(Cc2ccc3c4c(cccc24)C(=O)OC3)C1. The molecule has 0 aliphatic carbocycles. The third-order valence-electron chi connectivity index (χ3n) is 4.96. The van der Waals surface area contributed by atoms with Crippen molar-refractivity contribution in [3.8, 4) is 0 Å². The van der Waals surface area contributed by atoms with Gasteiger partial charge in [-0.25, -0.2) is 4.79 Å². The van der Waals surface area contributed by atoms with Crippen LogP contribution >= 0.6 is 0 Å². The molecule has 1 saturated heterocycles. The van der Waals surface area contributed by atoms with Crippen LogP contribution in [-0.2, 0) is 22.6 Å². The molecule has 0 N–H and O–H groups in total. The summed E-state index contributed by atoms with van der Waals surface area (Å²) in [5, 5.41) is 2.26. The number of carbonyl (C=O) groups is 1. The molecule has 1 atom stereocenters. The molecule has 2 aliphatic heterocycles. The van der Waals surface area contributed by atoms with Gasteiger partial charge < -0.3 is 9.47 Å². The van der Waals surface area contributed by atoms with E-state index in [9.17, 15) is 4.79 Å². The fraction of sp³-hybridized carbons (Fsp3) is 0.421. The van der Waals surface area contributed by atoms with Crippen molar-refractivity contribution < 1.29 is 14.3 Å². The third-order valence-corrected chi connectivity index (χ3v) is 4.96. The molecule has 2 aliphatic rings. The van der Waals surface area contributed by atoms with Gasteiger partial charge >= 0.3 is 5.97 Å². The number of ether oxygens (including phenoxy) is 2. The second kappa shape index (κ2) is 5.95. The molecule has 1 fully saturated rings. The summed E-state index contributed by atoms with van der Waals surface area (Å²) < 4.78 is 10.5. The van der Waals surface area contributed by atoms with Crippen LogP contribution < -0.4 is 0 Å². The Morgan fingerprint density at radius 3 is 3.09 bits per heavy atom. The zero-order valence-corrected chi connectivity index (χ0v) is 13.4. The van der Waals surface area contributed by atoms with Crippen molar-refractivity contribution >= 4 is 16.7 Å². The number of likely N-dealkylation sites (tertiary alicyclic amines) is 1. The van der Waals surface area contributed by atoms with Gasteiger partial charge in [0.05, 0.1) is 12.2 Å². The molecule has 2 aromatic rings. The molecule has 0 aromatic heterocycles. The Bertz CT molecular complexity index is 756. The Balaban J connectivity index is 1.66. The second-order valence-electron chi connectivity index (χ2n) is 6.53. The molecule has 0 spiro atoms. The molecule has 0 amide bonds. The maximum absolute atomic E-state index is 12.0. The largest absolute Gasteiger partial charge is 0.457 e. The molecule has 2 heterocycles. The lowest BCUT2D eigenvalue weighted by atomic mass is 9.94. The molecule has 4 heteroatoms. The Kier molecular flexibility index (Phi) is 3.79. The minimum absolute atomic E-state index is 0.207. The molecule has 2 aromatic carbocycles. The first kappa shape index (κ1) is 14.7. The highest BCUT2D eigenvalue weighted by molar-refractivity contribution is 6.08. The lowest BCUT2D eigenvalue weighted by Crippen LogP contribution is -2.22. The first-order chi connectivity index (χ1) is 11.3. The summed E-state index contributed by atoms with van der Waals surface area (Å²) in [5.41, 5.74) is 3.10. The molecular formula is C19H21NO3. The van der Waals surface area contributed by atoms with Crippen molar-refractivity contribution in [1.82, 2.24) is 4.90 Å². The molecule has 0 radical (unpaired) electrons. The summed E-state index contributed by atoms with van der Waals surface area (Å²) in [6.45, 7) is 4.34. The molecule has 4 nitrogen and oxygen atoms in total. The number of esters is 1. The maximum atomic E-state index is 12.0. The first-order valence-electron chi connectivity index (χ1n) is 8.18. The molecule has 0 bridgehead atoms. The van der Waals surface area contributed by atoms with Crippen LogP contribution in [0.5, 0.6) is 0 Å². The van der Waals surface area contributed by atoms with E-state index in [1.54, 1.807) is 7.11 Å². The van der Waals surface area contributed by atoms with Gasteiger partial charge in [-0.05, 0) is 41.5 Å². The minimum atomic E-state index is -0.207. The number of rotatable bonds is 4. The van der Waals surface area contributed by atoms with Crippen LogP contribution in [0.4, 0.5) is 0 Å². The van der Waals surface area contributed by atoms with Gasteiger partial charge in [-0.2, -0.15) is 0 Å². The number of hydrogen-bond acceptors (Lipinski definition) is 4. The van der Waals surface area contributed by atoms with Crippen molar-refractivity contribution in [1.29, 1.82) is 0 Å². The van der Waals surface area contributed by atoms with Crippen LogP contribution in [0, 0.1) is 5.92 Å². The average Bonchev–Trinajstić information content (AvgIpc) is 3.00. The first-order valence-corrected chi connectivity index (χ1v) is 8.18. The number of carbonyl (C=O) groups excluding carboxylic acids is 1.